The molecule has 0 spiro atoms. The largest absolute Gasteiger partial charge is 0.493 e. The highest BCUT2D eigenvalue weighted by atomic mass is 127. The number of nitrogens with one attached hydrogen (secondary N) is 2. The van der Waals surface area contributed by atoms with Gasteiger partial charge in [-0.1, -0.05) is 0 Å². The molecular formula is C16H25IN6O3. The molecule has 2 aromatic rings. The van der Waals surface area contributed by atoms with E-state index in [1.807, 2.05) is 19.2 Å². The summed E-state index contributed by atoms with van der Waals surface area (Å²) in [7, 11) is 8.32. The van der Waals surface area contributed by atoms with E-state index in [-0.39, 0.29) is 24.0 Å². The van der Waals surface area contributed by atoms with E-state index in [1.54, 1.807) is 33.1 Å². The van der Waals surface area contributed by atoms with Gasteiger partial charge in [-0.15, -0.1) is 24.0 Å². The van der Waals surface area contributed by atoms with Crippen molar-refractivity contribution in [2.75, 3.05) is 28.4 Å². The fourth-order valence-corrected chi connectivity index (χ4v) is 2.29. The van der Waals surface area contributed by atoms with Gasteiger partial charge in [0.2, 0.25) is 5.75 Å². The Kier molecular flexibility index (Phi) is 8.96. The number of hydrogen-bond acceptors (Lipinski definition) is 6. The van der Waals surface area contributed by atoms with Crippen molar-refractivity contribution in [3.05, 3.63) is 29.8 Å². The van der Waals surface area contributed by atoms with Gasteiger partial charge in [-0.25, -0.2) is 4.98 Å². The molecule has 2 N–H and O–H groups in total. The molecule has 0 bridgehead atoms. The molecule has 0 unspecified atom stereocenters. The predicted octanol–water partition coefficient (Wildman–Crippen LogP) is 1.32. The monoisotopic (exact) mass is 476 g/mol. The lowest BCUT2D eigenvalue weighted by molar-refractivity contribution is 0.323. The van der Waals surface area contributed by atoms with E-state index in [2.05, 4.69) is 25.7 Å². The molecule has 0 aliphatic heterocycles. The first-order valence-corrected chi connectivity index (χ1v) is 7.69. The summed E-state index contributed by atoms with van der Waals surface area (Å²) in [5.74, 6) is 3.26. The summed E-state index contributed by atoms with van der Waals surface area (Å²) >= 11 is 0. The molecule has 1 heterocycles. The number of ether oxygens (including phenoxy) is 3. The van der Waals surface area contributed by atoms with Crippen LogP contribution in [-0.2, 0) is 20.1 Å². The fraction of sp³-hybridized carbons (Fsp3) is 0.438. The van der Waals surface area contributed by atoms with Crippen LogP contribution in [0.1, 0.15) is 11.4 Å². The van der Waals surface area contributed by atoms with E-state index < -0.39 is 0 Å². The standard InChI is InChI=1S/C16H24N6O3.HI/c1-17-16(19-9-14-20-10-21-22(14)2)18-8-11-6-12(23-3)15(25-5)13(7-11)24-4;/h6-7,10H,8-9H2,1-5H3,(H2,17,18,19);1H. The SMILES string of the molecule is CN=C(NCc1cc(OC)c(OC)c(OC)c1)NCc1ncnn1C.I. The van der Waals surface area contributed by atoms with Crippen molar-refractivity contribution in [3.8, 4) is 17.2 Å². The van der Waals surface area contributed by atoms with Crippen LogP contribution in [0, 0.1) is 0 Å². The molecule has 0 fully saturated rings. The second kappa shape index (κ2) is 10.7. The second-order valence-corrected chi connectivity index (χ2v) is 5.11. The van der Waals surface area contributed by atoms with Crippen LogP contribution >= 0.6 is 24.0 Å². The summed E-state index contributed by atoms with van der Waals surface area (Å²) < 4.78 is 17.8. The molecule has 1 aromatic heterocycles. The summed E-state index contributed by atoms with van der Waals surface area (Å²) in [5.41, 5.74) is 0.969. The molecule has 0 aliphatic rings. The first-order chi connectivity index (χ1) is 12.1. The van der Waals surface area contributed by atoms with Crippen LogP contribution in [0.25, 0.3) is 0 Å². The Bertz CT molecular complexity index is 710. The van der Waals surface area contributed by atoms with Gasteiger partial charge < -0.3 is 24.8 Å². The number of guanidine groups is 1. The Balaban J connectivity index is 0.00000338. The molecule has 0 amide bonds. The van der Waals surface area contributed by atoms with Crippen molar-refractivity contribution in [1.82, 2.24) is 25.4 Å². The third-order valence-corrected chi connectivity index (χ3v) is 3.63. The van der Waals surface area contributed by atoms with Gasteiger partial charge in [-0.2, -0.15) is 5.10 Å². The number of nitrogens with zero attached hydrogens (tertiary/aromatic N) is 4. The first-order valence-electron chi connectivity index (χ1n) is 7.69. The van der Waals surface area contributed by atoms with Gasteiger partial charge in [0, 0.05) is 20.6 Å². The van der Waals surface area contributed by atoms with Crippen molar-refractivity contribution >= 4 is 29.9 Å². The van der Waals surface area contributed by atoms with Crippen molar-refractivity contribution in [3.63, 3.8) is 0 Å². The number of rotatable bonds is 7. The summed E-state index contributed by atoms with van der Waals surface area (Å²) in [6, 6.07) is 3.79. The fourth-order valence-electron chi connectivity index (χ4n) is 2.29. The summed E-state index contributed by atoms with van der Waals surface area (Å²) in [6.07, 6.45) is 1.52. The highest BCUT2D eigenvalue weighted by Gasteiger charge is 2.13. The molecular weight excluding hydrogens is 451 g/mol. The Morgan fingerprint density at radius 3 is 2.15 bits per heavy atom. The van der Waals surface area contributed by atoms with Gasteiger partial charge in [0.25, 0.3) is 0 Å². The van der Waals surface area contributed by atoms with Gasteiger partial charge in [-0.3, -0.25) is 9.67 Å². The maximum Gasteiger partial charge on any atom is 0.203 e. The number of aliphatic imine (C=N–C) groups is 1. The second-order valence-electron chi connectivity index (χ2n) is 5.11. The molecule has 10 heteroatoms. The highest BCUT2D eigenvalue weighted by Crippen LogP contribution is 2.38. The molecule has 144 valence electrons. The molecule has 0 saturated heterocycles. The summed E-state index contributed by atoms with van der Waals surface area (Å²) in [6.45, 7) is 1.06. The van der Waals surface area contributed by atoms with Crippen LogP contribution in [0.15, 0.2) is 23.5 Å². The van der Waals surface area contributed by atoms with Crippen LogP contribution in [-0.4, -0.2) is 49.1 Å². The topological polar surface area (TPSA) is 94.8 Å². The maximum atomic E-state index is 5.37. The van der Waals surface area contributed by atoms with Crippen molar-refractivity contribution in [1.29, 1.82) is 0 Å². The Hall–Kier alpha value is -2.24. The Labute approximate surface area is 170 Å². The lowest BCUT2D eigenvalue weighted by Crippen LogP contribution is -2.36. The van der Waals surface area contributed by atoms with E-state index in [4.69, 9.17) is 14.2 Å². The third-order valence-electron chi connectivity index (χ3n) is 3.63. The van der Waals surface area contributed by atoms with Crippen LogP contribution in [0.4, 0.5) is 0 Å². The van der Waals surface area contributed by atoms with Crippen molar-refractivity contribution in [2.45, 2.75) is 13.1 Å². The zero-order chi connectivity index (χ0) is 18.2. The molecule has 26 heavy (non-hydrogen) atoms. The first kappa shape index (κ1) is 21.8. The zero-order valence-corrected chi connectivity index (χ0v) is 17.9. The average molecular weight is 476 g/mol. The molecule has 0 saturated carbocycles. The Morgan fingerprint density at radius 1 is 1.08 bits per heavy atom. The molecule has 1 aromatic carbocycles. The quantitative estimate of drug-likeness (QED) is 0.354. The summed E-state index contributed by atoms with van der Waals surface area (Å²) in [5, 5.41) is 10.5. The van der Waals surface area contributed by atoms with E-state index in [9.17, 15) is 0 Å². The maximum absolute atomic E-state index is 5.37. The predicted molar refractivity (Wildman–Crippen MR) is 110 cm³/mol. The molecule has 0 radical (unpaired) electrons. The third kappa shape index (κ3) is 5.38. The van der Waals surface area contributed by atoms with Gasteiger partial charge in [0.05, 0.1) is 27.9 Å². The molecule has 9 nitrogen and oxygen atoms in total. The van der Waals surface area contributed by atoms with Gasteiger partial charge in [-0.05, 0) is 17.7 Å². The van der Waals surface area contributed by atoms with Crippen LogP contribution in [0.3, 0.4) is 0 Å². The molecule has 0 atom stereocenters. The number of hydrogen-bond donors (Lipinski definition) is 2. The number of methoxy groups -OCH3 is 3. The van der Waals surface area contributed by atoms with Crippen molar-refractivity contribution in [2.24, 2.45) is 12.0 Å². The van der Waals surface area contributed by atoms with Gasteiger partial charge in [0.1, 0.15) is 12.2 Å². The summed E-state index contributed by atoms with van der Waals surface area (Å²) in [4.78, 5) is 8.37. The normalized spacial score (nSPS) is 10.7. The molecule has 2 rings (SSSR count). The van der Waals surface area contributed by atoms with Crippen LogP contribution in [0.5, 0.6) is 17.2 Å². The van der Waals surface area contributed by atoms with Gasteiger partial charge in [0.15, 0.2) is 17.5 Å². The minimum absolute atomic E-state index is 0. The number of aromatic nitrogens is 3. The molecule has 0 aliphatic carbocycles. The number of benzene rings is 1. The van der Waals surface area contributed by atoms with Crippen LogP contribution < -0.4 is 24.8 Å². The van der Waals surface area contributed by atoms with E-state index >= 15 is 0 Å². The highest BCUT2D eigenvalue weighted by molar-refractivity contribution is 14.0. The lowest BCUT2D eigenvalue weighted by atomic mass is 10.2. The smallest absolute Gasteiger partial charge is 0.203 e. The van der Waals surface area contributed by atoms with E-state index in [1.165, 1.54) is 6.33 Å². The lowest BCUT2D eigenvalue weighted by Gasteiger charge is -2.15. The number of halogens is 1. The Morgan fingerprint density at radius 2 is 1.69 bits per heavy atom. The minimum Gasteiger partial charge on any atom is -0.493 e. The average Bonchev–Trinajstić information content (AvgIpc) is 3.05. The van der Waals surface area contributed by atoms with E-state index in [0.29, 0.717) is 36.3 Å². The van der Waals surface area contributed by atoms with Crippen molar-refractivity contribution < 1.29 is 14.2 Å². The minimum atomic E-state index is 0. The van der Waals surface area contributed by atoms with Gasteiger partial charge >= 0.3 is 0 Å². The zero-order valence-electron chi connectivity index (χ0n) is 15.6. The number of aryl methyl sites for hydroxylation is 1. The van der Waals surface area contributed by atoms with E-state index in [0.717, 1.165) is 11.4 Å². The van der Waals surface area contributed by atoms with Crippen LogP contribution in [0.2, 0.25) is 0 Å².